The molecule has 4 heteroatoms. The molecule has 4 nitrogen and oxygen atoms in total. The maximum absolute atomic E-state index is 6.55. The summed E-state index contributed by atoms with van der Waals surface area (Å²) in [5.74, 6) is 1.55. The minimum atomic E-state index is 0.592. The van der Waals surface area contributed by atoms with Crippen molar-refractivity contribution in [3.05, 3.63) is 102 Å². The Labute approximate surface area is 216 Å². The Morgan fingerprint density at radius 3 is 2.51 bits per heavy atom. The Morgan fingerprint density at radius 1 is 0.811 bits per heavy atom. The maximum Gasteiger partial charge on any atom is 0.179 e. The van der Waals surface area contributed by atoms with Crippen LogP contribution in [0.4, 0.5) is 0 Å². The molecule has 0 spiro atoms. The van der Waals surface area contributed by atoms with Gasteiger partial charge >= 0.3 is 0 Å². The van der Waals surface area contributed by atoms with Crippen molar-refractivity contribution in [1.29, 1.82) is 0 Å². The van der Waals surface area contributed by atoms with E-state index in [-0.39, 0.29) is 0 Å². The first-order chi connectivity index (χ1) is 18.2. The smallest absolute Gasteiger partial charge is 0.179 e. The summed E-state index contributed by atoms with van der Waals surface area (Å²) < 4.78 is 6.55. The number of pyridine rings is 1. The van der Waals surface area contributed by atoms with E-state index in [9.17, 15) is 0 Å². The molecule has 1 aliphatic rings. The van der Waals surface area contributed by atoms with Gasteiger partial charge in [0.1, 0.15) is 23.3 Å². The summed E-state index contributed by atoms with van der Waals surface area (Å²) >= 11 is 0. The third kappa shape index (κ3) is 3.63. The molecule has 37 heavy (non-hydrogen) atoms. The van der Waals surface area contributed by atoms with Crippen LogP contribution in [0.5, 0.6) is 0 Å². The summed E-state index contributed by atoms with van der Waals surface area (Å²) in [5.41, 5.74) is 10.6. The second-order valence-corrected chi connectivity index (χ2v) is 10.3. The minimum absolute atomic E-state index is 0.592. The largest absolute Gasteiger partial charge is 0.456 e. The predicted molar refractivity (Wildman–Crippen MR) is 149 cm³/mol. The summed E-state index contributed by atoms with van der Waals surface area (Å²) in [6, 6.07) is 25.7. The molecule has 0 amide bonds. The van der Waals surface area contributed by atoms with Crippen molar-refractivity contribution in [3.8, 4) is 33.6 Å². The SMILES string of the molecule is CC(C)Cc1ccnc2c1CCc1oc3c(-c4cc(-c5ccccc5)c5ccccc5c4)ncnc3c1-2. The van der Waals surface area contributed by atoms with E-state index in [1.54, 1.807) is 6.33 Å². The number of nitrogens with zero attached hydrogens (tertiary/aromatic N) is 3. The second-order valence-electron chi connectivity index (χ2n) is 10.3. The van der Waals surface area contributed by atoms with E-state index in [1.165, 1.54) is 33.0 Å². The third-order valence-corrected chi connectivity index (χ3v) is 7.38. The monoisotopic (exact) mass is 481 g/mol. The molecule has 6 aromatic rings. The molecule has 0 bridgehead atoms. The summed E-state index contributed by atoms with van der Waals surface area (Å²) in [4.78, 5) is 14.3. The number of furan rings is 1. The van der Waals surface area contributed by atoms with Crippen LogP contribution >= 0.6 is 0 Å². The van der Waals surface area contributed by atoms with Gasteiger partial charge < -0.3 is 4.42 Å². The number of hydrogen-bond acceptors (Lipinski definition) is 4. The van der Waals surface area contributed by atoms with Crippen LogP contribution in [-0.2, 0) is 19.3 Å². The topological polar surface area (TPSA) is 51.8 Å². The van der Waals surface area contributed by atoms with Crippen LogP contribution in [0.1, 0.15) is 30.7 Å². The van der Waals surface area contributed by atoms with Crippen LogP contribution in [0.3, 0.4) is 0 Å². The fourth-order valence-corrected chi connectivity index (χ4v) is 5.78. The Kier molecular flexibility index (Phi) is 5.14. The molecule has 180 valence electrons. The molecule has 0 saturated carbocycles. The fourth-order valence-electron chi connectivity index (χ4n) is 5.78. The van der Waals surface area contributed by atoms with Gasteiger partial charge in [-0.1, -0.05) is 68.4 Å². The standard InChI is InChI=1S/C33H27N3O/c1-20(2)16-23-14-15-34-31-26(23)12-13-28-29(31)32-33(37-28)30(35-19-36-32)24-17-22-10-6-7-11-25(22)27(18-24)21-8-4-3-5-9-21/h3-11,14-15,17-20H,12-13,16H2,1-2H3. The van der Waals surface area contributed by atoms with E-state index >= 15 is 0 Å². The molecule has 7 rings (SSSR count). The van der Waals surface area contributed by atoms with Crippen molar-refractivity contribution in [2.45, 2.75) is 33.1 Å². The fraction of sp³-hybridized carbons (Fsp3) is 0.182. The zero-order chi connectivity index (χ0) is 24.9. The lowest BCUT2D eigenvalue weighted by molar-refractivity contribution is 0.543. The van der Waals surface area contributed by atoms with Crippen molar-refractivity contribution in [1.82, 2.24) is 15.0 Å². The summed E-state index contributed by atoms with van der Waals surface area (Å²) in [6.45, 7) is 4.53. The van der Waals surface area contributed by atoms with Crippen molar-refractivity contribution in [2.75, 3.05) is 0 Å². The maximum atomic E-state index is 6.55. The molecule has 3 heterocycles. The Hall–Kier alpha value is -4.31. The van der Waals surface area contributed by atoms with Gasteiger partial charge in [0, 0.05) is 18.2 Å². The number of fused-ring (bicyclic) bond motifs is 6. The molecule has 3 aromatic carbocycles. The van der Waals surface area contributed by atoms with Gasteiger partial charge in [-0.3, -0.25) is 4.98 Å². The van der Waals surface area contributed by atoms with E-state index in [2.05, 4.69) is 86.6 Å². The van der Waals surface area contributed by atoms with Gasteiger partial charge in [0.25, 0.3) is 0 Å². The van der Waals surface area contributed by atoms with E-state index in [4.69, 9.17) is 19.4 Å². The lowest BCUT2D eigenvalue weighted by Gasteiger charge is -2.19. The Bertz CT molecular complexity index is 1780. The molecule has 0 N–H and O–H groups in total. The van der Waals surface area contributed by atoms with Gasteiger partial charge in [-0.2, -0.15) is 0 Å². The highest BCUT2D eigenvalue weighted by molar-refractivity contribution is 6.04. The van der Waals surface area contributed by atoms with Crippen LogP contribution in [-0.4, -0.2) is 15.0 Å². The van der Waals surface area contributed by atoms with Gasteiger partial charge in [0.2, 0.25) is 0 Å². The van der Waals surface area contributed by atoms with Gasteiger partial charge in [0.15, 0.2) is 5.58 Å². The summed E-state index contributed by atoms with van der Waals surface area (Å²) in [5, 5.41) is 2.39. The molecule has 0 radical (unpaired) electrons. The van der Waals surface area contributed by atoms with Crippen LogP contribution in [0.15, 0.2) is 89.7 Å². The number of benzene rings is 3. The molecule has 0 unspecified atom stereocenters. The van der Waals surface area contributed by atoms with Gasteiger partial charge in [0.05, 0.1) is 11.3 Å². The first-order valence-electron chi connectivity index (χ1n) is 13.0. The zero-order valence-corrected chi connectivity index (χ0v) is 21.0. The highest BCUT2D eigenvalue weighted by atomic mass is 16.3. The normalized spacial score (nSPS) is 12.7. The molecular weight excluding hydrogens is 454 g/mol. The number of rotatable bonds is 4. The van der Waals surface area contributed by atoms with Crippen molar-refractivity contribution >= 4 is 21.9 Å². The van der Waals surface area contributed by atoms with E-state index in [1.807, 2.05) is 6.20 Å². The second kappa shape index (κ2) is 8.67. The van der Waals surface area contributed by atoms with Crippen LogP contribution in [0, 0.1) is 5.92 Å². The van der Waals surface area contributed by atoms with Crippen molar-refractivity contribution in [3.63, 3.8) is 0 Å². The average Bonchev–Trinajstić information content (AvgIpc) is 3.32. The lowest BCUT2D eigenvalue weighted by atomic mass is 9.87. The molecule has 0 aliphatic heterocycles. The van der Waals surface area contributed by atoms with Gasteiger partial charge in [-0.05, 0) is 70.0 Å². The zero-order valence-electron chi connectivity index (χ0n) is 21.0. The minimum Gasteiger partial charge on any atom is -0.456 e. The highest BCUT2D eigenvalue weighted by Crippen LogP contribution is 2.43. The number of aryl methyl sites for hydroxylation is 1. The molecule has 0 saturated heterocycles. The first kappa shape index (κ1) is 21.9. The van der Waals surface area contributed by atoms with Crippen LogP contribution in [0.25, 0.3) is 55.5 Å². The molecule has 0 atom stereocenters. The van der Waals surface area contributed by atoms with E-state index in [0.29, 0.717) is 5.92 Å². The highest BCUT2D eigenvalue weighted by Gasteiger charge is 2.28. The summed E-state index contributed by atoms with van der Waals surface area (Å²) in [6.07, 6.45) is 6.44. The van der Waals surface area contributed by atoms with E-state index in [0.717, 1.165) is 58.6 Å². The predicted octanol–water partition coefficient (Wildman–Crippen LogP) is 8.07. The van der Waals surface area contributed by atoms with Crippen molar-refractivity contribution < 1.29 is 4.42 Å². The van der Waals surface area contributed by atoms with Gasteiger partial charge in [-0.15, -0.1) is 0 Å². The van der Waals surface area contributed by atoms with E-state index < -0.39 is 0 Å². The first-order valence-corrected chi connectivity index (χ1v) is 13.0. The van der Waals surface area contributed by atoms with Crippen molar-refractivity contribution in [2.24, 2.45) is 5.92 Å². The van der Waals surface area contributed by atoms with Crippen LogP contribution in [0.2, 0.25) is 0 Å². The lowest BCUT2D eigenvalue weighted by Crippen LogP contribution is -2.09. The third-order valence-electron chi connectivity index (χ3n) is 7.38. The number of aromatic nitrogens is 3. The Balaban J connectivity index is 1.45. The van der Waals surface area contributed by atoms with Gasteiger partial charge in [-0.25, -0.2) is 9.97 Å². The Morgan fingerprint density at radius 2 is 1.65 bits per heavy atom. The average molecular weight is 482 g/mol. The molecular formula is C33H27N3O. The molecule has 0 fully saturated rings. The molecule has 1 aliphatic carbocycles. The van der Waals surface area contributed by atoms with Crippen LogP contribution < -0.4 is 0 Å². The number of hydrogen-bond donors (Lipinski definition) is 0. The molecule has 3 aromatic heterocycles. The summed E-state index contributed by atoms with van der Waals surface area (Å²) in [7, 11) is 0. The quantitative estimate of drug-likeness (QED) is 0.255.